The molecule has 146 valence electrons. The Labute approximate surface area is 164 Å². The molecule has 6 nitrogen and oxygen atoms in total. The lowest BCUT2D eigenvalue weighted by Gasteiger charge is -2.17. The highest BCUT2D eigenvalue weighted by Gasteiger charge is 2.35. The number of rotatable bonds is 6. The first kappa shape index (κ1) is 19.6. The number of anilines is 2. The van der Waals surface area contributed by atoms with Crippen LogP contribution in [0.25, 0.3) is 0 Å². The molecule has 0 unspecified atom stereocenters. The fraction of sp³-hybridized carbons (Fsp3) is 0.318. The number of hydrogen-bond donors (Lipinski definition) is 1. The van der Waals surface area contributed by atoms with Crippen LogP contribution < -0.4 is 10.2 Å². The molecule has 0 aromatic heterocycles. The molecule has 2 amide bonds. The summed E-state index contributed by atoms with van der Waals surface area (Å²) in [6.07, 6.45) is 1.07. The van der Waals surface area contributed by atoms with E-state index in [0.29, 0.717) is 17.8 Å². The maximum Gasteiger partial charge on any atom is 0.340 e. The molecular formula is C22H24N2O4. The molecule has 0 saturated carbocycles. The predicted molar refractivity (Wildman–Crippen MR) is 107 cm³/mol. The molecule has 28 heavy (non-hydrogen) atoms. The van der Waals surface area contributed by atoms with Gasteiger partial charge in [-0.15, -0.1) is 0 Å². The Kier molecular flexibility index (Phi) is 6.09. The molecule has 6 heteroatoms. The third-order valence-electron chi connectivity index (χ3n) is 4.83. The number of ether oxygens (including phenoxy) is 1. The molecular weight excluding hydrogens is 356 g/mol. The Hall–Kier alpha value is -3.15. The van der Waals surface area contributed by atoms with E-state index in [0.717, 1.165) is 12.1 Å². The van der Waals surface area contributed by atoms with Crippen molar-refractivity contribution in [3.05, 3.63) is 59.7 Å². The monoisotopic (exact) mass is 380 g/mol. The number of hydrogen-bond acceptors (Lipinski definition) is 4. The van der Waals surface area contributed by atoms with Crippen molar-refractivity contribution in [1.82, 2.24) is 0 Å². The van der Waals surface area contributed by atoms with Gasteiger partial charge in [0.15, 0.2) is 0 Å². The first-order valence-corrected chi connectivity index (χ1v) is 9.49. The van der Waals surface area contributed by atoms with E-state index in [2.05, 4.69) is 12.2 Å². The van der Waals surface area contributed by atoms with Crippen LogP contribution in [0.3, 0.4) is 0 Å². The minimum absolute atomic E-state index is 0.0805. The lowest BCUT2D eigenvalue weighted by Crippen LogP contribution is -2.28. The van der Waals surface area contributed by atoms with Crippen LogP contribution in [0.4, 0.5) is 11.4 Å². The topological polar surface area (TPSA) is 75.7 Å². The van der Waals surface area contributed by atoms with Gasteiger partial charge in [-0.05, 0) is 43.2 Å². The minimum atomic E-state index is -0.487. The molecule has 0 bridgehead atoms. The molecule has 2 aromatic rings. The van der Waals surface area contributed by atoms with Crippen LogP contribution >= 0.6 is 0 Å². The fourth-order valence-corrected chi connectivity index (χ4v) is 3.26. The molecule has 1 heterocycles. The van der Waals surface area contributed by atoms with Crippen molar-refractivity contribution >= 4 is 29.2 Å². The summed E-state index contributed by atoms with van der Waals surface area (Å²) in [6, 6.07) is 14.5. The summed E-state index contributed by atoms with van der Waals surface area (Å²) in [5.41, 5.74) is 2.68. The summed E-state index contributed by atoms with van der Waals surface area (Å²) in [4.78, 5) is 38.9. The number of benzene rings is 2. The maximum atomic E-state index is 12.7. The van der Waals surface area contributed by atoms with E-state index in [1.807, 2.05) is 24.3 Å². The summed E-state index contributed by atoms with van der Waals surface area (Å²) in [6.45, 7) is 4.37. The van der Waals surface area contributed by atoms with Crippen molar-refractivity contribution in [2.24, 2.45) is 5.92 Å². The minimum Gasteiger partial charge on any atom is -0.462 e. The van der Waals surface area contributed by atoms with E-state index in [-0.39, 0.29) is 24.8 Å². The number of carbonyl (C=O) groups excluding carboxylic acids is 3. The third-order valence-corrected chi connectivity index (χ3v) is 4.83. The van der Waals surface area contributed by atoms with Gasteiger partial charge in [0.2, 0.25) is 11.8 Å². The molecule has 0 spiro atoms. The molecule has 2 aromatic carbocycles. The number of nitrogens with zero attached hydrogens (tertiary/aromatic N) is 1. The zero-order chi connectivity index (χ0) is 20.1. The lowest BCUT2D eigenvalue weighted by molar-refractivity contribution is -0.122. The van der Waals surface area contributed by atoms with Crippen molar-refractivity contribution in [2.75, 3.05) is 23.4 Å². The van der Waals surface area contributed by atoms with Gasteiger partial charge >= 0.3 is 5.97 Å². The Bertz CT molecular complexity index is 876. The Balaban J connectivity index is 1.71. The molecule has 0 aliphatic carbocycles. The summed E-state index contributed by atoms with van der Waals surface area (Å²) in [5.74, 6) is -1.33. The second kappa shape index (κ2) is 8.69. The molecule has 1 saturated heterocycles. The van der Waals surface area contributed by atoms with Crippen LogP contribution in [0, 0.1) is 5.92 Å². The van der Waals surface area contributed by atoms with Crippen LogP contribution in [-0.2, 0) is 20.7 Å². The number of amides is 2. The van der Waals surface area contributed by atoms with Gasteiger partial charge in [-0.1, -0.05) is 31.2 Å². The second-order valence-corrected chi connectivity index (χ2v) is 6.68. The van der Waals surface area contributed by atoms with Gasteiger partial charge in [0.25, 0.3) is 0 Å². The molecule has 1 atom stereocenters. The van der Waals surface area contributed by atoms with Crippen molar-refractivity contribution in [3.8, 4) is 0 Å². The van der Waals surface area contributed by atoms with Crippen LogP contribution in [-0.4, -0.2) is 30.9 Å². The zero-order valence-corrected chi connectivity index (χ0v) is 16.1. The summed E-state index contributed by atoms with van der Waals surface area (Å²) in [5, 5.41) is 2.78. The first-order chi connectivity index (χ1) is 13.5. The van der Waals surface area contributed by atoms with Crippen molar-refractivity contribution in [2.45, 2.75) is 26.7 Å². The number of aryl methyl sites for hydroxylation is 1. The predicted octanol–water partition coefficient (Wildman–Crippen LogP) is 3.42. The van der Waals surface area contributed by atoms with E-state index >= 15 is 0 Å². The van der Waals surface area contributed by atoms with Crippen molar-refractivity contribution in [1.29, 1.82) is 0 Å². The molecule has 1 fully saturated rings. The van der Waals surface area contributed by atoms with Gasteiger partial charge in [-0.25, -0.2) is 4.79 Å². The van der Waals surface area contributed by atoms with Crippen LogP contribution in [0.15, 0.2) is 48.5 Å². The number of para-hydroxylation sites is 1. The highest BCUT2D eigenvalue weighted by atomic mass is 16.5. The Morgan fingerprint density at radius 1 is 1.11 bits per heavy atom. The maximum absolute atomic E-state index is 12.7. The fourth-order valence-electron chi connectivity index (χ4n) is 3.26. The summed E-state index contributed by atoms with van der Waals surface area (Å²) < 4.78 is 5.03. The van der Waals surface area contributed by atoms with E-state index in [9.17, 15) is 14.4 Å². The van der Waals surface area contributed by atoms with Gasteiger partial charge in [-0.3, -0.25) is 9.59 Å². The van der Waals surface area contributed by atoms with E-state index in [4.69, 9.17) is 4.74 Å². The first-order valence-electron chi connectivity index (χ1n) is 9.49. The Morgan fingerprint density at radius 2 is 1.82 bits per heavy atom. The highest BCUT2D eigenvalue weighted by molar-refractivity contribution is 6.06. The Morgan fingerprint density at radius 3 is 2.50 bits per heavy atom. The summed E-state index contributed by atoms with van der Waals surface area (Å²) in [7, 11) is 0. The van der Waals surface area contributed by atoms with Gasteiger partial charge in [0.05, 0.1) is 23.8 Å². The second-order valence-electron chi connectivity index (χ2n) is 6.68. The van der Waals surface area contributed by atoms with Crippen molar-refractivity contribution in [3.63, 3.8) is 0 Å². The third kappa shape index (κ3) is 4.22. The van der Waals surface area contributed by atoms with Crippen LogP contribution in [0.2, 0.25) is 0 Å². The van der Waals surface area contributed by atoms with Gasteiger partial charge < -0.3 is 15.0 Å². The van der Waals surface area contributed by atoms with Gasteiger partial charge in [-0.2, -0.15) is 0 Å². The zero-order valence-electron chi connectivity index (χ0n) is 16.1. The molecule has 1 N–H and O–H groups in total. The highest BCUT2D eigenvalue weighted by Crippen LogP contribution is 2.27. The largest absolute Gasteiger partial charge is 0.462 e. The summed E-state index contributed by atoms with van der Waals surface area (Å²) >= 11 is 0. The number of carbonyl (C=O) groups is 3. The lowest BCUT2D eigenvalue weighted by atomic mass is 10.1. The van der Waals surface area contributed by atoms with E-state index in [1.54, 1.807) is 36.1 Å². The number of esters is 1. The smallest absolute Gasteiger partial charge is 0.340 e. The average molecular weight is 380 g/mol. The SMILES string of the molecule is CCOC(=O)c1ccccc1NC(=O)[C@H]1CC(=O)N(c2ccc(CC)cc2)C1. The average Bonchev–Trinajstić information content (AvgIpc) is 3.10. The molecule has 1 aliphatic heterocycles. The van der Waals surface area contributed by atoms with Gasteiger partial charge in [0.1, 0.15) is 0 Å². The van der Waals surface area contributed by atoms with Crippen LogP contribution in [0.5, 0.6) is 0 Å². The quantitative estimate of drug-likeness (QED) is 0.779. The molecule has 0 radical (unpaired) electrons. The van der Waals surface area contributed by atoms with E-state index < -0.39 is 11.9 Å². The number of nitrogens with one attached hydrogen (secondary N) is 1. The van der Waals surface area contributed by atoms with Gasteiger partial charge in [0, 0.05) is 18.7 Å². The normalized spacial score (nSPS) is 16.1. The van der Waals surface area contributed by atoms with Crippen LogP contribution in [0.1, 0.15) is 36.2 Å². The molecule has 3 rings (SSSR count). The van der Waals surface area contributed by atoms with Crippen molar-refractivity contribution < 1.29 is 19.1 Å². The standard InChI is InChI=1S/C22H24N2O4/c1-3-15-9-11-17(12-10-15)24-14-16(13-20(24)25)21(26)23-19-8-6-5-7-18(19)22(27)28-4-2/h5-12,16H,3-4,13-14H2,1-2H3,(H,23,26)/t16-/m0/s1. The molecule has 1 aliphatic rings. The van der Waals surface area contributed by atoms with E-state index in [1.165, 1.54) is 5.56 Å².